The van der Waals surface area contributed by atoms with Gasteiger partial charge in [0.1, 0.15) is 11.6 Å². The number of Topliss-reactive ketones (excluding diaryl/α,β-unsaturated/α-hetero) is 2. The first-order valence-electron chi connectivity index (χ1n) is 3.83. The third-order valence-electron chi connectivity index (χ3n) is 2.62. The number of carbonyl (C=O) groups is 2. The number of ketones is 2. The zero-order valence-electron chi connectivity index (χ0n) is 5.80. The normalized spacial score (nSPS) is 38.8. The summed E-state index contributed by atoms with van der Waals surface area (Å²) < 4.78 is 0. The number of carbonyl (C=O) groups excluding carboxylic acids is 2. The smallest absolute Gasteiger partial charge is 0.143 e. The molecule has 0 aromatic rings. The molecule has 0 saturated heterocycles. The molecule has 3 rings (SSSR count). The van der Waals surface area contributed by atoms with E-state index in [-0.39, 0.29) is 17.5 Å². The average Bonchev–Trinajstić information content (AvgIpc) is 1.86. The molecule has 3 aliphatic carbocycles. The van der Waals surface area contributed by atoms with Gasteiger partial charge in [-0.2, -0.15) is 0 Å². The molecule has 0 aromatic heterocycles. The minimum atomic E-state index is -0.190. The van der Waals surface area contributed by atoms with Crippen molar-refractivity contribution in [1.29, 1.82) is 0 Å². The van der Waals surface area contributed by atoms with Gasteiger partial charge in [-0.3, -0.25) is 9.59 Å². The SMILES string of the molecule is O=C1CC2CCC1C(=O)C2. The van der Waals surface area contributed by atoms with E-state index in [1.165, 1.54) is 0 Å². The van der Waals surface area contributed by atoms with Gasteiger partial charge in [0.15, 0.2) is 0 Å². The van der Waals surface area contributed by atoms with E-state index in [4.69, 9.17) is 0 Å². The van der Waals surface area contributed by atoms with E-state index in [2.05, 4.69) is 0 Å². The maximum atomic E-state index is 11.0. The van der Waals surface area contributed by atoms with E-state index in [1.807, 2.05) is 0 Å². The van der Waals surface area contributed by atoms with Crippen molar-refractivity contribution in [1.82, 2.24) is 0 Å². The number of hydrogen-bond donors (Lipinski definition) is 0. The Hall–Kier alpha value is -0.660. The van der Waals surface area contributed by atoms with Gasteiger partial charge in [-0.15, -0.1) is 0 Å². The summed E-state index contributed by atoms with van der Waals surface area (Å²) in [5.74, 6) is 0.620. The first-order valence-corrected chi connectivity index (χ1v) is 3.83. The van der Waals surface area contributed by atoms with Crippen LogP contribution in [0.3, 0.4) is 0 Å². The van der Waals surface area contributed by atoms with Gasteiger partial charge < -0.3 is 0 Å². The Morgan fingerprint density at radius 2 is 1.60 bits per heavy atom. The molecule has 0 amide bonds. The molecular formula is C8H10O2. The molecule has 0 aromatic carbocycles. The zero-order valence-corrected chi connectivity index (χ0v) is 5.80. The van der Waals surface area contributed by atoms with Gasteiger partial charge in [0.25, 0.3) is 0 Å². The average molecular weight is 138 g/mol. The largest absolute Gasteiger partial charge is 0.299 e. The summed E-state index contributed by atoms with van der Waals surface area (Å²) in [7, 11) is 0. The molecule has 54 valence electrons. The molecule has 2 heteroatoms. The van der Waals surface area contributed by atoms with Crippen molar-refractivity contribution < 1.29 is 9.59 Å². The second-order valence-electron chi connectivity index (χ2n) is 3.34. The van der Waals surface area contributed by atoms with Gasteiger partial charge in [-0.25, -0.2) is 0 Å². The van der Waals surface area contributed by atoms with E-state index in [0.717, 1.165) is 12.8 Å². The Kier molecular flexibility index (Phi) is 1.16. The van der Waals surface area contributed by atoms with Crippen molar-refractivity contribution in [3.8, 4) is 0 Å². The van der Waals surface area contributed by atoms with Crippen LogP contribution in [0, 0.1) is 11.8 Å². The molecule has 0 heterocycles. The van der Waals surface area contributed by atoms with Crippen LogP contribution in [0.1, 0.15) is 25.7 Å². The predicted molar refractivity (Wildman–Crippen MR) is 35.5 cm³/mol. The van der Waals surface area contributed by atoms with E-state index in [1.54, 1.807) is 0 Å². The van der Waals surface area contributed by atoms with E-state index in [0.29, 0.717) is 18.8 Å². The minimum Gasteiger partial charge on any atom is -0.299 e. The molecule has 0 unspecified atom stereocenters. The Balaban J connectivity index is 2.26. The maximum Gasteiger partial charge on any atom is 0.143 e. The first kappa shape index (κ1) is 6.08. The van der Waals surface area contributed by atoms with Crippen LogP contribution in [0.4, 0.5) is 0 Å². The van der Waals surface area contributed by atoms with E-state index in [9.17, 15) is 9.59 Å². The molecule has 2 nitrogen and oxygen atoms in total. The lowest BCUT2D eigenvalue weighted by molar-refractivity contribution is -0.141. The Morgan fingerprint density at radius 1 is 1.00 bits per heavy atom. The van der Waals surface area contributed by atoms with Crippen molar-refractivity contribution in [2.75, 3.05) is 0 Å². The lowest BCUT2D eigenvalue weighted by Gasteiger charge is -2.32. The lowest BCUT2D eigenvalue weighted by atomic mass is 9.69. The molecule has 3 fully saturated rings. The molecule has 0 spiro atoms. The van der Waals surface area contributed by atoms with Gasteiger partial charge in [0, 0.05) is 12.8 Å². The molecule has 10 heavy (non-hydrogen) atoms. The molecule has 2 bridgehead atoms. The van der Waals surface area contributed by atoms with Crippen molar-refractivity contribution in [3.05, 3.63) is 0 Å². The topological polar surface area (TPSA) is 34.1 Å². The van der Waals surface area contributed by atoms with E-state index >= 15 is 0 Å². The number of hydrogen-bond acceptors (Lipinski definition) is 2. The van der Waals surface area contributed by atoms with Crippen LogP contribution < -0.4 is 0 Å². The molecule has 0 radical (unpaired) electrons. The van der Waals surface area contributed by atoms with Crippen LogP contribution in [0.15, 0.2) is 0 Å². The summed E-state index contributed by atoms with van der Waals surface area (Å²) in [6, 6.07) is 0. The molecular weight excluding hydrogens is 128 g/mol. The highest BCUT2D eigenvalue weighted by atomic mass is 16.2. The molecule has 0 aliphatic heterocycles. The fourth-order valence-electron chi connectivity index (χ4n) is 2.03. The fraction of sp³-hybridized carbons (Fsp3) is 0.750. The standard InChI is InChI=1S/C8H10O2/c9-7-3-5-1-2-6(7)8(10)4-5/h5-6H,1-4H2. The van der Waals surface area contributed by atoms with Crippen molar-refractivity contribution in [2.24, 2.45) is 11.8 Å². The van der Waals surface area contributed by atoms with Gasteiger partial charge in [-0.1, -0.05) is 0 Å². The maximum absolute atomic E-state index is 11.0. The second kappa shape index (κ2) is 1.91. The number of fused-ring (bicyclic) bond motifs is 3. The fourth-order valence-corrected chi connectivity index (χ4v) is 2.03. The first-order chi connectivity index (χ1) is 4.77. The lowest BCUT2D eigenvalue weighted by Crippen LogP contribution is -2.38. The van der Waals surface area contributed by atoms with Crippen LogP contribution in [0.2, 0.25) is 0 Å². The Morgan fingerprint density at radius 3 is 1.90 bits per heavy atom. The molecule has 3 aliphatic rings. The van der Waals surface area contributed by atoms with Gasteiger partial charge in [0.2, 0.25) is 0 Å². The van der Waals surface area contributed by atoms with Gasteiger partial charge >= 0.3 is 0 Å². The predicted octanol–water partition coefficient (Wildman–Crippen LogP) is 0.945. The third kappa shape index (κ3) is 0.713. The van der Waals surface area contributed by atoms with Crippen LogP contribution >= 0.6 is 0 Å². The van der Waals surface area contributed by atoms with Crippen molar-refractivity contribution >= 4 is 11.6 Å². The molecule has 0 atom stereocenters. The van der Waals surface area contributed by atoms with Gasteiger partial charge in [0.05, 0.1) is 5.92 Å². The van der Waals surface area contributed by atoms with Gasteiger partial charge in [-0.05, 0) is 18.8 Å². The highest BCUT2D eigenvalue weighted by molar-refractivity contribution is 6.05. The molecule has 0 N–H and O–H groups in total. The zero-order chi connectivity index (χ0) is 7.14. The molecule has 3 saturated carbocycles. The van der Waals surface area contributed by atoms with Crippen LogP contribution in [0.25, 0.3) is 0 Å². The monoisotopic (exact) mass is 138 g/mol. The number of rotatable bonds is 0. The Labute approximate surface area is 59.6 Å². The minimum absolute atomic E-state index is 0.190. The highest BCUT2D eigenvalue weighted by Crippen LogP contribution is 2.36. The van der Waals surface area contributed by atoms with Crippen molar-refractivity contribution in [2.45, 2.75) is 25.7 Å². The summed E-state index contributed by atoms with van der Waals surface area (Å²) in [6.07, 6.45) is 3.29. The van der Waals surface area contributed by atoms with Crippen molar-refractivity contribution in [3.63, 3.8) is 0 Å². The Bertz CT molecular complexity index is 177. The summed E-state index contributed by atoms with van der Waals surface area (Å²) in [5.41, 5.74) is 0. The van der Waals surface area contributed by atoms with Crippen LogP contribution in [-0.4, -0.2) is 11.6 Å². The summed E-state index contributed by atoms with van der Waals surface area (Å²) in [6.45, 7) is 0. The highest BCUT2D eigenvalue weighted by Gasteiger charge is 2.39. The second-order valence-corrected chi connectivity index (χ2v) is 3.34. The quantitative estimate of drug-likeness (QED) is 0.467. The van der Waals surface area contributed by atoms with E-state index < -0.39 is 0 Å². The van der Waals surface area contributed by atoms with Crippen LogP contribution in [-0.2, 0) is 9.59 Å². The summed E-state index contributed by atoms with van der Waals surface area (Å²) in [4.78, 5) is 22.1. The third-order valence-corrected chi connectivity index (χ3v) is 2.62. The van der Waals surface area contributed by atoms with Crippen LogP contribution in [0.5, 0.6) is 0 Å². The summed E-state index contributed by atoms with van der Waals surface area (Å²) in [5, 5.41) is 0. The summed E-state index contributed by atoms with van der Waals surface area (Å²) >= 11 is 0.